The second-order valence-electron chi connectivity index (χ2n) is 7.38. The predicted molar refractivity (Wildman–Crippen MR) is 127 cm³/mol. The number of carbonyl (C=O) groups excluding carboxylic acids is 1. The Morgan fingerprint density at radius 2 is 1.97 bits per heavy atom. The van der Waals surface area contributed by atoms with Crippen LogP contribution < -0.4 is 10.2 Å². The monoisotopic (exact) mass is 547 g/mol. The largest absolute Gasteiger partial charge is 0.354 e. The molecule has 1 fully saturated rings. The van der Waals surface area contributed by atoms with Gasteiger partial charge in [0, 0.05) is 45.5 Å². The van der Waals surface area contributed by atoms with E-state index in [1.807, 2.05) is 4.90 Å². The van der Waals surface area contributed by atoms with Gasteiger partial charge in [0.15, 0.2) is 5.96 Å². The molecule has 0 spiro atoms. The van der Waals surface area contributed by atoms with Crippen molar-refractivity contribution in [3.63, 3.8) is 0 Å². The van der Waals surface area contributed by atoms with Gasteiger partial charge in [0.05, 0.1) is 17.9 Å². The lowest BCUT2D eigenvalue weighted by molar-refractivity contribution is -0.120. The van der Waals surface area contributed by atoms with E-state index in [2.05, 4.69) is 15.4 Å². The number of nitrogens with one attached hydrogen (secondary N) is 1. The van der Waals surface area contributed by atoms with Gasteiger partial charge in [-0.05, 0) is 26.2 Å². The van der Waals surface area contributed by atoms with Crippen molar-refractivity contribution in [1.82, 2.24) is 24.9 Å². The number of hydrogen-bond acceptors (Lipinski definition) is 4. The van der Waals surface area contributed by atoms with Crippen LogP contribution in [0.4, 0.5) is 14.5 Å². The van der Waals surface area contributed by atoms with Gasteiger partial charge in [0.2, 0.25) is 5.91 Å². The van der Waals surface area contributed by atoms with E-state index in [4.69, 9.17) is 0 Å². The molecule has 1 N–H and O–H groups in total. The van der Waals surface area contributed by atoms with Crippen LogP contribution in [0.15, 0.2) is 35.6 Å². The van der Waals surface area contributed by atoms with E-state index in [1.54, 1.807) is 55.1 Å². The van der Waals surface area contributed by atoms with Crippen molar-refractivity contribution in [2.75, 3.05) is 52.2 Å². The summed E-state index contributed by atoms with van der Waals surface area (Å²) >= 11 is 0. The summed E-state index contributed by atoms with van der Waals surface area (Å²) in [5.41, 5.74) is 0.760. The second-order valence-corrected chi connectivity index (χ2v) is 7.38. The van der Waals surface area contributed by atoms with E-state index < -0.39 is 17.7 Å². The summed E-state index contributed by atoms with van der Waals surface area (Å²) < 4.78 is 30.2. The Balaban J connectivity index is 0.00000341. The Labute approximate surface area is 197 Å². The summed E-state index contributed by atoms with van der Waals surface area (Å²) in [6.07, 6.45) is 3.45. The van der Waals surface area contributed by atoms with E-state index in [-0.39, 0.29) is 48.5 Å². The molecule has 1 amide bonds. The van der Waals surface area contributed by atoms with Crippen molar-refractivity contribution in [1.29, 1.82) is 0 Å². The lowest BCUT2D eigenvalue weighted by Gasteiger charge is -2.36. The number of aliphatic imine (C=N–C) groups is 1. The molecule has 11 heteroatoms. The molecule has 0 saturated carbocycles. The minimum atomic E-state index is -0.592. The molecule has 0 bridgehead atoms. The van der Waals surface area contributed by atoms with Gasteiger partial charge in [0.25, 0.3) is 0 Å². The third-order valence-corrected chi connectivity index (χ3v) is 5.14. The Hall–Kier alpha value is -2.28. The van der Waals surface area contributed by atoms with Crippen molar-refractivity contribution in [2.24, 2.45) is 12.0 Å². The predicted octanol–water partition coefficient (Wildman–Crippen LogP) is 1.84. The summed E-state index contributed by atoms with van der Waals surface area (Å²) in [5.74, 6) is -0.740. The molecule has 1 atom stereocenters. The Morgan fingerprint density at radius 1 is 1.29 bits per heavy atom. The molecular formula is C20H28F2IN7O. The van der Waals surface area contributed by atoms with Crippen molar-refractivity contribution >= 4 is 41.5 Å². The van der Waals surface area contributed by atoms with Gasteiger partial charge in [-0.2, -0.15) is 5.10 Å². The fraction of sp³-hybridized carbons (Fsp3) is 0.450. The Kier molecular flexibility index (Phi) is 8.74. The molecule has 1 aromatic heterocycles. The zero-order valence-electron chi connectivity index (χ0n) is 18.0. The summed E-state index contributed by atoms with van der Waals surface area (Å²) in [5, 5.41) is 7.28. The fourth-order valence-electron chi connectivity index (χ4n) is 3.57. The van der Waals surface area contributed by atoms with Gasteiger partial charge in [-0.15, -0.1) is 24.0 Å². The minimum Gasteiger partial charge on any atom is -0.354 e. The first kappa shape index (κ1) is 25.0. The first-order chi connectivity index (χ1) is 14.3. The number of piperazine rings is 1. The zero-order chi connectivity index (χ0) is 21.8. The zero-order valence-corrected chi connectivity index (χ0v) is 20.4. The third kappa shape index (κ3) is 5.70. The average molecular weight is 547 g/mol. The number of rotatable bonds is 5. The van der Waals surface area contributed by atoms with Crippen LogP contribution in [0, 0.1) is 11.6 Å². The topological polar surface area (TPSA) is 69.0 Å². The number of halogens is 3. The number of benzene rings is 1. The number of aryl methyl sites for hydroxylation is 1. The quantitative estimate of drug-likeness (QED) is 0.352. The maximum Gasteiger partial charge on any atom is 0.246 e. The SMILES string of the molecule is CN=C(NCC(c1c(F)cccc1F)N(C)C)N1CCN(c2cnn(C)c2)C(=O)C1.I. The summed E-state index contributed by atoms with van der Waals surface area (Å²) in [6, 6.07) is 3.30. The van der Waals surface area contributed by atoms with Crippen molar-refractivity contribution < 1.29 is 13.6 Å². The van der Waals surface area contributed by atoms with E-state index in [0.717, 1.165) is 5.69 Å². The second kappa shape index (κ2) is 10.8. The lowest BCUT2D eigenvalue weighted by atomic mass is 10.0. The van der Waals surface area contributed by atoms with Crippen molar-refractivity contribution in [2.45, 2.75) is 6.04 Å². The number of hydrogen-bond donors (Lipinski definition) is 1. The number of guanidine groups is 1. The lowest BCUT2D eigenvalue weighted by Crippen LogP contribution is -2.56. The molecule has 1 aliphatic rings. The van der Waals surface area contributed by atoms with E-state index >= 15 is 0 Å². The van der Waals surface area contributed by atoms with Crippen molar-refractivity contribution in [3.8, 4) is 0 Å². The summed E-state index contributed by atoms with van der Waals surface area (Å²) in [6.45, 7) is 1.44. The molecule has 8 nitrogen and oxygen atoms in total. The smallest absolute Gasteiger partial charge is 0.246 e. The Bertz CT molecular complexity index is 914. The van der Waals surface area contributed by atoms with Crippen LogP contribution >= 0.6 is 24.0 Å². The molecule has 1 unspecified atom stereocenters. The number of amides is 1. The maximum atomic E-state index is 14.3. The molecule has 170 valence electrons. The highest BCUT2D eigenvalue weighted by Crippen LogP contribution is 2.24. The van der Waals surface area contributed by atoms with Crippen LogP contribution in [-0.4, -0.2) is 78.8 Å². The molecule has 1 aromatic carbocycles. The van der Waals surface area contributed by atoms with Crippen LogP contribution in [0.5, 0.6) is 0 Å². The average Bonchev–Trinajstić information content (AvgIpc) is 3.12. The molecule has 31 heavy (non-hydrogen) atoms. The van der Waals surface area contributed by atoms with Crippen LogP contribution in [0.25, 0.3) is 0 Å². The molecule has 2 heterocycles. The van der Waals surface area contributed by atoms with Gasteiger partial charge in [-0.3, -0.25) is 14.5 Å². The van der Waals surface area contributed by atoms with Crippen LogP contribution in [-0.2, 0) is 11.8 Å². The van der Waals surface area contributed by atoms with Crippen LogP contribution in [0.3, 0.4) is 0 Å². The third-order valence-electron chi connectivity index (χ3n) is 5.14. The van der Waals surface area contributed by atoms with E-state index in [1.165, 1.54) is 18.2 Å². The number of likely N-dealkylation sites (N-methyl/N-ethyl adjacent to an activating group) is 1. The van der Waals surface area contributed by atoms with Gasteiger partial charge >= 0.3 is 0 Å². The van der Waals surface area contributed by atoms with Gasteiger partial charge in [0.1, 0.15) is 18.2 Å². The van der Waals surface area contributed by atoms with E-state index in [9.17, 15) is 13.6 Å². The minimum absolute atomic E-state index is 0. The first-order valence-corrected chi connectivity index (χ1v) is 9.66. The standard InChI is InChI=1S/C20H27F2N7O.HI/c1-23-20(24-11-17(26(2)3)19-15(21)6-5-7-16(19)22)28-8-9-29(18(30)13-28)14-10-25-27(4)12-14;/h5-7,10,12,17H,8-9,11,13H2,1-4H3,(H,23,24);1H. The molecule has 0 aliphatic carbocycles. The number of nitrogens with zero attached hydrogens (tertiary/aromatic N) is 6. The summed E-state index contributed by atoms with van der Waals surface area (Å²) in [7, 11) is 6.94. The van der Waals surface area contributed by atoms with Crippen LogP contribution in [0.1, 0.15) is 11.6 Å². The maximum absolute atomic E-state index is 14.3. The number of carbonyl (C=O) groups is 1. The molecular weight excluding hydrogens is 519 g/mol. The normalized spacial score (nSPS) is 15.8. The number of anilines is 1. The highest BCUT2D eigenvalue weighted by Gasteiger charge is 2.29. The number of aromatic nitrogens is 2. The molecule has 1 saturated heterocycles. The van der Waals surface area contributed by atoms with Crippen LogP contribution in [0.2, 0.25) is 0 Å². The molecule has 1 aliphatic heterocycles. The fourth-order valence-corrected chi connectivity index (χ4v) is 3.57. The summed E-state index contributed by atoms with van der Waals surface area (Å²) in [4.78, 5) is 22.2. The Morgan fingerprint density at radius 3 is 2.48 bits per heavy atom. The molecule has 3 rings (SSSR count). The highest BCUT2D eigenvalue weighted by molar-refractivity contribution is 14.0. The van der Waals surface area contributed by atoms with Crippen molar-refractivity contribution in [3.05, 3.63) is 47.8 Å². The van der Waals surface area contributed by atoms with Gasteiger partial charge in [-0.1, -0.05) is 6.07 Å². The van der Waals surface area contributed by atoms with Gasteiger partial charge in [-0.25, -0.2) is 8.78 Å². The highest BCUT2D eigenvalue weighted by atomic mass is 127. The molecule has 2 aromatic rings. The molecule has 0 radical (unpaired) electrons. The van der Waals surface area contributed by atoms with Gasteiger partial charge < -0.3 is 20.0 Å². The first-order valence-electron chi connectivity index (χ1n) is 9.66. The van der Waals surface area contributed by atoms with E-state index in [0.29, 0.717) is 19.0 Å².